The first kappa shape index (κ1) is 9.86. The predicted molar refractivity (Wildman–Crippen MR) is 48.6 cm³/mol. The zero-order valence-electron chi connectivity index (χ0n) is 6.99. The zero-order chi connectivity index (χ0) is 8.81. The van der Waals surface area contributed by atoms with Crippen LogP contribution >= 0.6 is 11.8 Å². The Hall–Kier alpha value is -0.220. The minimum atomic E-state index is -0.729. The summed E-state index contributed by atoms with van der Waals surface area (Å²) in [5.41, 5.74) is 0. The maximum absolute atomic E-state index is 10.1. The second-order valence-corrected chi connectivity index (χ2v) is 3.98. The fourth-order valence-corrected chi connectivity index (χ4v) is 1.99. The third kappa shape index (κ3) is 3.97. The summed E-state index contributed by atoms with van der Waals surface area (Å²) in [6.07, 6.45) is 3.70. The number of carbonyl (C=O) groups is 1. The number of carboxylic acid groups (broad SMARTS) is 1. The molecule has 0 amide bonds. The average Bonchev–Trinajstić information content (AvgIpc) is 2.49. The molecule has 3 nitrogen and oxygen atoms in total. The number of hydrogen-bond acceptors (Lipinski definition) is 3. The van der Waals surface area contributed by atoms with Crippen molar-refractivity contribution in [2.45, 2.75) is 25.4 Å². The van der Waals surface area contributed by atoms with Crippen molar-refractivity contribution in [3.63, 3.8) is 0 Å². The molecule has 1 aliphatic heterocycles. The van der Waals surface area contributed by atoms with Gasteiger partial charge in [0.2, 0.25) is 0 Å². The standard InChI is InChI=1S/C8H14O3S/c9-8(10)6-12-5-3-7-2-1-4-11-7/h7H,1-6H2,(H,9,10). The van der Waals surface area contributed by atoms with E-state index in [1.54, 1.807) is 0 Å². The summed E-state index contributed by atoms with van der Waals surface area (Å²) in [5, 5.41) is 8.35. The largest absolute Gasteiger partial charge is 0.481 e. The highest BCUT2D eigenvalue weighted by atomic mass is 32.2. The monoisotopic (exact) mass is 190 g/mol. The van der Waals surface area contributed by atoms with Crippen LogP contribution in [0.1, 0.15) is 19.3 Å². The van der Waals surface area contributed by atoms with Gasteiger partial charge in [0.05, 0.1) is 11.9 Å². The van der Waals surface area contributed by atoms with E-state index in [9.17, 15) is 4.79 Å². The Morgan fingerprint density at radius 1 is 1.67 bits per heavy atom. The Morgan fingerprint density at radius 3 is 3.08 bits per heavy atom. The van der Waals surface area contributed by atoms with Crippen molar-refractivity contribution in [3.8, 4) is 0 Å². The lowest BCUT2D eigenvalue weighted by molar-refractivity contribution is -0.133. The van der Waals surface area contributed by atoms with E-state index in [2.05, 4.69) is 0 Å². The van der Waals surface area contributed by atoms with Gasteiger partial charge in [0.25, 0.3) is 0 Å². The second-order valence-electron chi connectivity index (χ2n) is 2.87. The highest BCUT2D eigenvalue weighted by Gasteiger charge is 2.14. The first-order valence-corrected chi connectivity index (χ1v) is 5.35. The number of thioether (sulfide) groups is 1. The highest BCUT2D eigenvalue weighted by Crippen LogP contribution is 2.17. The first-order valence-electron chi connectivity index (χ1n) is 4.20. The summed E-state index contributed by atoms with van der Waals surface area (Å²) in [4.78, 5) is 10.1. The van der Waals surface area contributed by atoms with Gasteiger partial charge in [-0.2, -0.15) is 11.8 Å². The topological polar surface area (TPSA) is 46.5 Å². The minimum absolute atomic E-state index is 0.215. The Morgan fingerprint density at radius 2 is 2.50 bits per heavy atom. The van der Waals surface area contributed by atoms with Gasteiger partial charge >= 0.3 is 5.97 Å². The predicted octanol–water partition coefficient (Wildman–Crippen LogP) is 1.37. The van der Waals surface area contributed by atoms with Crippen LogP contribution in [0.5, 0.6) is 0 Å². The van der Waals surface area contributed by atoms with E-state index in [4.69, 9.17) is 9.84 Å². The number of rotatable bonds is 5. The second kappa shape index (κ2) is 5.43. The molecule has 1 saturated heterocycles. The van der Waals surface area contributed by atoms with Gasteiger partial charge in [0, 0.05) is 6.61 Å². The minimum Gasteiger partial charge on any atom is -0.481 e. The SMILES string of the molecule is O=C(O)CSCCC1CCCO1. The lowest BCUT2D eigenvalue weighted by Crippen LogP contribution is -2.07. The number of aliphatic carboxylic acids is 1. The van der Waals surface area contributed by atoms with Gasteiger partial charge in [0.15, 0.2) is 0 Å². The van der Waals surface area contributed by atoms with Gasteiger partial charge in [0.1, 0.15) is 0 Å². The zero-order valence-corrected chi connectivity index (χ0v) is 7.81. The van der Waals surface area contributed by atoms with Crippen LogP contribution < -0.4 is 0 Å². The third-order valence-electron chi connectivity index (χ3n) is 1.83. The van der Waals surface area contributed by atoms with E-state index in [1.165, 1.54) is 11.8 Å². The highest BCUT2D eigenvalue weighted by molar-refractivity contribution is 7.99. The van der Waals surface area contributed by atoms with Crippen LogP contribution in [0, 0.1) is 0 Å². The van der Waals surface area contributed by atoms with Crippen molar-refractivity contribution >= 4 is 17.7 Å². The smallest absolute Gasteiger partial charge is 0.313 e. The number of carboxylic acids is 1. The molecule has 1 N–H and O–H groups in total. The molecule has 70 valence electrons. The molecule has 0 saturated carbocycles. The Labute approximate surface area is 76.5 Å². The van der Waals surface area contributed by atoms with Gasteiger partial charge in [-0.05, 0) is 25.0 Å². The van der Waals surface area contributed by atoms with Crippen LogP contribution in [-0.4, -0.2) is 35.3 Å². The molecule has 1 atom stereocenters. The quantitative estimate of drug-likeness (QED) is 0.665. The van der Waals surface area contributed by atoms with Gasteiger partial charge in [-0.3, -0.25) is 4.79 Å². The van der Waals surface area contributed by atoms with Crippen LogP contribution in [0.2, 0.25) is 0 Å². The van der Waals surface area contributed by atoms with Crippen molar-refractivity contribution in [3.05, 3.63) is 0 Å². The number of hydrogen-bond donors (Lipinski definition) is 1. The van der Waals surface area contributed by atoms with Crippen LogP contribution in [0.25, 0.3) is 0 Å². The molecule has 1 aliphatic rings. The van der Waals surface area contributed by atoms with Crippen molar-refractivity contribution in [1.29, 1.82) is 0 Å². The van der Waals surface area contributed by atoms with Gasteiger partial charge in [-0.25, -0.2) is 0 Å². The molecule has 0 aromatic heterocycles. The molecule has 1 rings (SSSR count). The fourth-order valence-electron chi connectivity index (χ4n) is 1.25. The molecular formula is C8H14O3S. The van der Waals surface area contributed by atoms with Crippen molar-refractivity contribution in [1.82, 2.24) is 0 Å². The van der Waals surface area contributed by atoms with Gasteiger partial charge < -0.3 is 9.84 Å². The molecule has 0 aromatic carbocycles. The Bertz CT molecular complexity index is 143. The van der Waals surface area contributed by atoms with Crippen molar-refractivity contribution in [2.24, 2.45) is 0 Å². The lowest BCUT2D eigenvalue weighted by Gasteiger charge is -2.06. The number of ether oxygens (including phenoxy) is 1. The van der Waals surface area contributed by atoms with Crippen LogP contribution in [0.3, 0.4) is 0 Å². The molecule has 0 aromatic rings. The lowest BCUT2D eigenvalue weighted by atomic mass is 10.2. The summed E-state index contributed by atoms with van der Waals surface area (Å²) in [6.45, 7) is 0.883. The van der Waals surface area contributed by atoms with E-state index in [1.807, 2.05) is 0 Å². The normalized spacial score (nSPS) is 22.8. The van der Waals surface area contributed by atoms with E-state index >= 15 is 0 Å². The van der Waals surface area contributed by atoms with E-state index in [0.717, 1.165) is 31.6 Å². The summed E-state index contributed by atoms with van der Waals surface area (Å²) < 4.78 is 5.40. The summed E-state index contributed by atoms with van der Waals surface area (Å²) >= 11 is 1.47. The molecule has 0 bridgehead atoms. The molecule has 1 heterocycles. The van der Waals surface area contributed by atoms with Crippen LogP contribution in [0.15, 0.2) is 0 Å². The average molecular weight is 190 g/mol. The molecule has 1 unspecified atom stereocenters. The fraction of sp³-hybridized carbons (Fsp3) is 0.875. The first-order chi connectivity index (χ1) is 5.79. The summed E-state index contributed by atoms with van der Waals surface area (Å²) in [6, 6.07) is 0. The van der Waals surface area contributed by atoms with E-state index < -0.39 is 5.97 Å². The summed E-state index contributed by atoms with van der Waals surface area (Å²) in [5.74, 6) is 0.385. The molecule has 1 fully saturated rings. The van der Waals surface area contributed by atoms with Crippen molar-refractivity contribution < 1.29 is 14.6 Å². The van der Waals surface area contributed by atoms with Crippen LogP contribution in [-0.2, 0) is 9.53 Å². The third-order valence-corrected chi connectivity index (χ3v) is 2.81. The van der Waals surface area contributed by atoms with Gasteiger partial charge in [-0.15, -0.1) is 0 Å². The van der Waals surface area contributed by atoms with E-state index in [-0.39, 0.29) is 5.75 Å². The van der Waals surface area contributed by atoms with Crippen LogP contribution in [0.4, 0.5) is 0 Å². The molecule has 12 heavy (non-hydrogen) atoms. The van der Waals surface area contributed by atoms with Gasteiger partial charge in [-0.1, -0.05) is 0 Å². The maximum atomic E-state index is 10.1. The molecule has 0 spiro atoms. The van der Waals surface area contributed by atoms with E-state index in [0.29, 0.717) is 6.10 Å². The molecule has 0 radical (unpaired) electrons. The summed E-state index contributed by atoms with van der Waals surface area (Å²) in [7, 11) is 0. The molecular weight excluding hydrogens is 176 g/mol. The van der Waals surface area contributed by atoms with Crippen molar-refractivity contribution in [2.75, 3.05) is 18.1 Å². The maximum Gasteiger partial charge on any atom is 0.313 e. The molecule has 0 aliphatic carbocycles. The Balaban J connectivity index is 1.91. The molecule has 4 heteroatoms. The Kier molecular flexibility index (Phi) is 4.46.